The van der Waals surface area contributed by atoms with Crippen LogP contribution in [0.1, 0.15) is 26.3 Å². The Morgan fingerprint density at radius 3 is 2.35 bits per heavy atom. The Bertz CT molecular complexity index is 775. The molecule has 0 aliphatic carbocycles. The van der Waals surface area contributed by atoms with Crippen LogP contribution in [0, 0.1) is 6.92 Å². The third-order valence-corrected chi connectivity index (χ3v) is 4.04. The highest BCUT2D eigenvalue weighted by Gasteiger charge is 2.36. The van der Waals surface area contributed by atoms with E-state index < -0.39 is 0 Å². The Labute approximate surface area is 133 Å². The van der Waals surface area contributed by atoms with E-state index in [1.165, 1.54) is 4.90 Å². The first-order chi connectivity index (χ1) is 11.1. The summed E-state index contributed by atoms with van der Waals surface area (Å²) < 4.78 is 10.8. The number of fused-ring (bicyclic) bond motifs is 1. The van der Waals surface area contributed by atoms with Crippen LogP contribution in [0.5, 0.6) is 5.75 Å². The van der Waals surface area contributed by atoms with E-state index >= 15 is 0 Å². The number of epoxide rings is 1. The van der Waals surface area contributed by atoms with E-state index in [0.717, 1.165) is 17.9 Å². The van der Waals surface area contributed by atoms with Crippen LogP contribution in [0.3, 0.4) is 0 Å². The second kappa shape index (κ2) is 5.21. The molecule has 23 heavy (non-hydrogen) atoms. The lowest BCUT2D eigenvalue weighted by molar-refractivity contribution is 0.0926. The van der Waals surface area contributed by atoms with Crippen molar-refractivity contribution in [1.29, 1.82) is 0 Å². The van der Waals surface area contributed by atoms with Crippen molar-refractivity contribution in [2.24, 2.45) is 0 Å². The molecule has 2 aliphatic heterocycles. The summed E-state index contributed by atoms with van der Waals surface area (Å²) in [5.41, 5.74) is 2.33. The first-order valence-corrected chi connectivity index (χ1v) is 7.48. The quantitative estimate of drug-likeness (QED) is 0.643. The largest absolute Gasteiger partial charge is 0.491 e. The van der Waals surface area contributed by atoms with E-state index in [9.17, 15) is 9.59 Å². The van der Waals surface area contributed by atoms with Gasteiger partial charge in [0.1, 0.15) is 18.5 Å². The Morgan fingerprint density at radius 2 is 1.78 bits per heavy atom. The van der Waals surface area contributed by atoms with Crippen LogP contribution in [0.2, 0.25) is 0 Å². The van der Waals surface area contributed by atoms with Gasteiger partial charge in [-0.3, -0.25) is 9.59 Å². The Balaban J connectivity index is 1.62. The van der Waals surface area contributed by atoms with Gasteiger partial charge in [-0.25, -0.2) is 4.90 Å². The summed E-state index contributed by atoms with van der Waals surface area (Å²) in [5.74, 6) is 0.163. The van der Waals surface area contributed by atoms with E-state index in [1.807, 2.05) is 6.92 Å². The number of anilines is 1. The molecule has 1 unspecified atom stereocenters. The lowest BCUT2D eigenvalue weighted by Gasteiger charge is -2.16. The smallest absolute Gasteiger partial charge is 0.266 e. The zero-order valence-electron chi connectivity index (χ0n) is 12.6. The SMILES string of the molecule is Cc1cc(N2C(=O)c3ccccc3C2=O)ccc1OCC1CO1. The van der Waals surface area contributed by atoms with E-state index in [-0.39, 0.29) is 17.9 Å². The molecule has 5 nitrogen and oxygen atoms in total. The molecule has 0 aromatic heterocycles. The van der Waals surface area contributed by atoms with Gasteiger partial charge in [0.2, 0.25) is 0 Å². The fraction of sp³-hybridized carbons (Fsp3) is 0.222. The molecule has 0 N–H and O–H groups in total. The van der Waals surface area contributed by atoms with Crippen molar-refractivity contribution < 1.29 is 19.1 Å². The van der Waals surface area contributed by atoms with Crippen LogP contribution in [0.15, 0.2) is 42.5 Å². The molecule has 4 rings (SSSR count). The van der Waals surface area contributed by atoms with E-state index in [4.69, 9.17) is 9.47 Å². The highest BCUT2D eigenvalue weighted by Crippen LogP contribution is 2.31. The predicted octanol–water partition coefficient (Wildman–Crippen LogP) is 2.57. The summed E-state index contributed by atoms with van der Waals surface area (Å²) in [4.78, 5) is 26.2. The van der Waals surface area contributed by atoms with Crippen molar-refractivity contribution in [1.82, 2.24) is 0 Å². The molecular weight excluding hydrogens is 294 g/mol. The number of benzene rings is 2. The number of carbonyl (C=O) groups excluding carboxylic acids is 2. The minimum atomic E-state index is -0.287. The van der Waals surface area contributed by atoms with Gasteiger partial charge in [-0.1, -0.05) is 12.1 Å². The fourth-order valence-corrected chi connectivity index (χ4v) is 2.71. The summed E-state index contributed by atoms with van der Waals surface area (Å²) in [7, 11) is 0. The average molecular weight is 309 g/mol. The minimum Gasteiger partial charge on any atom is -0.491 e. The van der Waals surface area contributed by atoms with Crippen LogP contribution < -0.4 is 9.64 Å². The van der Waals surface area contributed by atoms with E-state index in [2.05, 4.69) is 0 Å². The second-order valence-electron chi connectivity index (χ2n) is 5.71. The van der Waals surface area contributed by atoms with Gasteiger partial charge >= 0.3 is 0 Å². The standard InChI is InChI=1S/C18H15NO4/c1-11-8-12(6-7-16(11)23-10-13-9-22-13)19-17(20)14-4-2-3-5-15(14)18(19)21/h2-8,13H,9-10H2,1H3. The molecule has 116 valence electrons. The van der Waals surface area contributed by atoms with Crippen LogP contribution in [0.4, 0.5) is 5.69 Å². The highest BCUT2D eigenvalue weighted by molar-refractivity contribution is 6.34. The number of rotatable bonds is 4. The van der Waals surface area contributed by atoms with Crippen molar-refractivity contribution >= 4 is 17.5 Å². The molecule has 2 amide bonds. The Kier molecular flexibility index (Phi) is 3.16. The van der Waals surface area contributed by atoms with Crippen molar-refractivity contribution in [2.75, 3.05) is 18.1 Å². The van der Waals surface area contributed by atoms with Crippen molar-refractivity contribution in [2.45, 2.75) is 13.0 Å². The first kappa shape index (κ1) is 14.0. The monoisotopic (exact) mass is 309 g/mol. The summed E-state index contributed by atoms with van der Waals surface area (Å²) >= 11 is 0. The number of imide groups is 1. The van der Waals surface area contributed by atoms with Gasteiger partial charge in [0.05, 0.1) is 23.4 Å². The topological polar surface area (TPSA) is 59.1 Å². The van der Waals surface area contributed by atoms with E-state index in [1.54, 1.807) is 42.5 Å². The molecule has 1 atom stereocenters. The number of nitrogens with zero attached hydrogens (tertiary/aromatic N) is 1. The number of hydrogen-bond acceptors (Lipinski definition) is 4. The highest BCUT2D eigenvalue weighted by atomic mass is 16.6. The average Bonchev–Trinajstić information content (AvgIpc) is 3.34. The van der Waals surface area contributed by atoms with Crippen molar-refractivity contribution in [3.05, 3.63) is 59.2 Å². The van der Waals surface area contributed by atoms with Gasteiger partial charge in [0.25, 0.3) is 11.8 Å². The maximum absolute atomic E-state index is 12.5. The molecule has 0 bridgehead atoms. The molecular formula is C18H15NO4. The summed E-state index contributed by atoms with van der Waals surface area (Å²) in [5, 5.41) is 0. The number of ether oxygens (including phenoxy) is 2. The number of amides is 2. The normalized spacial score (nSPS) is 19.0. The van der Waals surface area contributed by atoms with Gasteiger partial charge in [0, 0.05) is 0 Å². The van der Waals surface area contributed by atoms with Crippen LogP contribution in [0.25, 0.3) is 0 Å². The molecule has 1 fully saturated rings. The van der Waals surface area contributed by atoms with Crippen LogP contribution in [-0.2, 0) is 4.74 Å². The van der Waals surface area contributed by atoms with Gasteiger partial charge < -0.3 is 9.47 Å². The number of aryl methyl sites for hydroxylation is 1. The zero-order valence-corrected chi connectivity index (χ0v) is 12.6. The van der Waals surface area contributed by atoms with Crippen LogP contribution >= 0.6 is 0 Å². The molecule has 5 heteroatoms. The van der Waals surface area contributed by atoms with Crippen molar-refractivity contribution in [3.8, 4) is 5.75 Å². The molecule has 2 heterocycles. The lowest BCUT2D eigenvalue weighted by atomic mass is 10.1. The van der Waals surface area contributed by atoms with Crippen LogP contribution in [-0.4, -0.2) is 31.1 Å². The van der Waals surface area contributed by atoms with Gasteiger partial charge in [0.15, 0.2) is 0 Å². The third kappa shape index (κ3) is 2.39. The molecule has 2 aromatic carbocycles. The maximum atomic E-state index is 12.5. The summed E-state index contributed by atoms with van der Waals surface area (Å²) in [6.45, 7) is 3.16. The second-order valence-corrected chi connectivity index (χ2v) is 5.71. The predicted molar refractivity (Wildman–Crippen MR) is 84.0 cm³/mol. The maximum Gasteiger partial charge on any atom is 0.266 e. The number of hydrogen-bond donors (Lipinski definition) is 0. The van der Waals surface area contributed by atoms with Gasteiger partial charge in [-0.05, 0) is 42.8 Å². The number of carbonyl (C=O) groups is 2. The summed E-state index contributed by atoms with van der Waals surface area (Å²) in [6, 6.07) is 12.2. The first-order valence-electron chi connectivity index (χ1n) is 7.48. The fourth-order valence-electron chi connectivity index (χ4n) is 2.71. The zero-order chi connectivity index (χ0) is 16.0. The lowest BCUT2D eigenvalue weighted by Crippen LogP contribution is -2.29. The Morgan fingerprint density at radius 1 is 1.13 bits per heavy atom. The van der Waals surface area contributed by atoms with Gasteiger partial charge in [-0.15, -0.1) is 0 Å². The van der Waals surface area contributed by atoms with Crippen molar-refractivity contribution in [3.63, 3.8) is 0 Å². The third-order valence-electron chi connectivity index (χ3n) is 4.04. The molecule has 2 aromatic rings. The molecule has 0 radical (unpaired) electrons. The molecule has 0 spiro atoms. The van der Waals surface area contributed by atoms with Gasteiger partial charge in [-0.2, -0.15) is 0 Å². The Hall–Kier alpha value is -2.66. The molecule has 0 saturated carbocycles. The molecule has 2 aliphatic rings. The summed E-state index contributed by atoms with van der Waals surface area (Å²) in [6.07, 6.45) is 0.185. The minimum absolute atomic E-state index is 0.185. The van der Waals surface area contributed by atoms with E-state index in [0.29, 0.717) is 23.4 Å². The molecule has 1 saturated heterocycles.